The van der Waals surface area contributed by atoms with Gasteiger partial charge in [-0.25, -0.2) is 0 Å². The standard InChI is InChI=1S/C10H17NO2/c1-3-6-9(4-2)11-8-5-7-10(12)13/h1,9,11H,4-8H2,2H3,(H,12,13). The summed E-state index contributed by atoms with van der Waals surface area (Å²) in [7, 11) is 0. The molecule has 0 aliphatic heterocycles. The van der Waals surface area contributed by atoms with Gasteiger partial charge < -0.3 is 10.4 Å². The van der Waals surface area contributed by atoms with Gasteiger partial charge in [0.05, 0.1) is 0 Å². The molecular formula is C10H17NO2. The van der Waals surface area contributed by atoms with Crippen LogP contribution < -0.4 is 5.32 Å². The number of hydrogen-bond donors (Lipinski definition) is 2. The number of carboxylic acid groups (broad SMARTS) is 1. The molecule has 0 saturated heterocycles. The van der Waals surface area contributed by atoms with Crippen molar-refractivity contribution in [1.29, 1.82) is 0 Å². The minimum atomic E-state index is -0.744. The second-order valence-corrected chi connectivity index (χ2v) is 2.96. The van der Waals surface area contributed by atoms with Crippen LogP contribution in [0.25, 0.3) is 0 Å². The Morgan fingerprint density at radius 1 is 1.69 bits per heavy atom. The Labute approximate surface area is 79.5 Å². The van der Waals surface area contributed by atoms with Crippen molar-refractivity contribution >= 4 is 5.97 Å². The second kappa shape index (κ2) is 7.63. The summed E-state index contributed by atoms with van der Waals surface area (Å²) in [5, 5.41) is 11.6. The van der Waals surface area contributed by atoms with Crippen molar-refractivity contribution in [3.05, 3.63) is 0 Å². The molecule has 1 unspecified atom stereocenters. The second-order valence-electron chi connectivity index (χ2n) is 2.96. The molecule has 3 nitrogen and oxygen atoms in total. The van der Waals surface area contributed by atoms with E-state index < -0.39 is 5.97 Å². The summed E-state index contributed by atoms with van der Waals surface area (Å²) in [4.78, 5) is 10.2. The van der Waals surface area contributed by atoms with Crippen LogP contribution in [-0.4, -0.2) is 23.7 Å². The van der Waals surface area contributed by atoms with E-state index in [0.29, 0.717) is 18.9 Å². The van der Waals surface area contributed by atoms with E-state index in [1.54, 1.807) is 0 Å². The molecule has 0 rings (SSSR count). The molecule has 0 aliphatic rings. The van der Waals surface area contributed by atoms with Gasteiger partial charge >= 0.3 is 5.97 Å². The molecule has 0 aromatic carbocycles. The van der Waals surface area contributed by atoms with Crippen molar-refractivity contribution in [2.24, 2.45) is 0 Å². The molecule has 3 heteroatoms. The zero-order valence-corrected chi connectivity index (χ0v) is 8.05. The van der Waals surface area contributed by atoms with E-state index in [0.717, 1.165) is 13.0 Å². The van der Waals surface area contributed by atoms with Crippen LogP contribution in [-0.2, 0) is 4.79 Å². The van der Waals surface area contributed by atoms with Crippen LogP contribution >= 0.6 is 0 Å². The highest BCUT2D eigenvalue weighted by molar-refractivity contribution is 5.66. The zero-order chi connectivity index (χ0) is 10.1. The summed E-state index contributed by atoms with van der Waals surface area (Å²) in [6.45, 7) is 2.79. The van der Waals surface area contributed by atoms with Crippen LogP contribution in [0.15, 0.2) is 0 Å². The van der Waals surface area contributed by atoms with E-state index in [2.05, 4.69) is 18.2 Å². The van der Waals surface area contributed by atoms with Crippen molar-refractivity contribution in [3.8, 4) is 12.3 Å². The lowest BCUT2D eigenvalue weighted by atomic mass is 10.1. The van der Waals surface area contributed by atoms with E-state index in [4.69, 9.17) is 11.5 Å². The summed E-state index contributed by atoms with van der Waals surface area (Å²) in [6, 6.07) is 0.332. The van der Waals surface area contributed by atoms with Gasteiger partial charge in [-0.15, -0.1) is 12.3 Å². The molecule has 0 aliphatic carbocycles. The fourth-order valence-electron chi connectivity index (χ4n) is 1.05. The van der Waals surface area contributed by atoms with Gasteiger partial charge in [0.2, 0.25) is 0 Å². The van der Waals surface area contributed by atoms with E-state index in [1.165, 1.54) is 0 Å². The highest BCUT2D eigenvalue weighted by Gasteiger charge is 2.03. The Bertz CT molecular complexity index is 184. The Kier molecular flexibility index (Phi) is 7.04. The van der Waals surface area contributed by atoms with Gasteiger partial charge in [-0.05, 0) is 19.4 Å². The van der Waals surface area contributed by atoms with Crippen molar-refractivity contribution in [1.82, 2.24) is 5.32 Å². The Balaban J connectivity index is 3.39. The van der Waals surface area contributed by atoms with Crippen LogP contribution in [0.1, 0.15) is 32.6 Å². The van der Waals surface area contributed by atoms with Gasteiger partial charge in [0.1, 0.15) is 0 Å². The molecule has 0 fully saturated rings. The van der Waals surface area contributed by atoms with Gasteiger partial charge in [0, 0.05) is 18.9 Å². The third-order valence-electron chi connectivity index (χ3n) is 1.86. The van der Waals surface area contributed by atoms with E-state index in [1.807, 2.05) is 0 Å². The molecule has 0 heterocycles. The van der Waals surface area contributed by atoms with Crippen LogP contribution in [0, 0.1) is 12.3 Å². The average molecular weight is 183 g/mol. The fourth-order valence-corrected chi connectivity index (χ4v) is 1.05. The van der Waals surface area contributed by atoms with Gasteiger partial charge in [-0.2, -0.15) is 0 Å². The smallest absolute Gasteiger partial charge is 0.303 e. The minimum absolute atomic E-state index is 0.222. The molecule has 0 aromatic rings. The summed E-state index contributed by atoms with van der Waals surface area (Å²) in [5.41, 5.74) is 0. The Morgan fingerprint density at radius 3 is 2.85 bits per heavy atom. The van der Waals surface area contributed by atoms with E-state index >= 15 is 0 Å². The van der Waals surface area contributed by atoms with Crippen LogP contribution in [0.4, 0.5) is 0 Å². The average Bonchev–Trinajstić information content (AvgIpc) is 2.10. The first-order valence-corrected chi connectivity index (χ1v) is 4.59. The van der Waals surface area contributed by atoms with Crippen molar-refractivity contribution in [2.75, 3.05) is 6.54 Å². The Hall–Kier alpha value is -1.01. The lowest BCUT2D eigenvalue weighted by molar-refractivity contribution is -0.137. The number of rotatable bonds is 7. The number of nitrogens with one attached hydrogen (secondary N) is 1. The molecule has 0 bridgehead atoms. The van der Waals surface area contributed by atoms with Crippen molar-refractivity contribution in [3.63, 3.8) is 0 Å². The lowest BCUT2D eigenvalue weighted by Gasteiger charge is -2.13. The van der Waals surface area contributed by atoms with Gasteiger partial charge in [0.15, 0.2) is 0 Å². The Morgan fingerprint density at radius 2 is 2.38 bits per heavy atom. The largest absolute Gasteiger partial charge is 0.481 e. The van der Waals surface area contributed by atoms with Gasteiger partial charge in [-0.3, -0.25) is 4.79 Å². The molecule has 0 aromatic heterocycles. The summed E-state index contributed by atoms with van der Waals surface area (Å²) < 4.78 is 0. The third kappa shape index (κ3) is 7.35. The number of carboxylic acids is 1. The molecule has 0 saturated carbocycles. The zero-order valence-electron chi connectivity index (χ0n) is 8.05. The van der Waals surface area contributed by atoms with Crippen molar-refractivity contribution in [2.45, 2.75) is 38.6 Å². The van der Waals surface area contributed by atoms with E-state index in [9.17, 15) is 4.79 Å². The lowest BCUT2D eigenvalue weighted by Crippen LogP contribution is -2.29. The quantitative estimate of drug-likeness (QED) is 0.461. The molecular weight excluding hydrogens is 166 g/mol. The molecule has 2 N–H and O–H groups in total. The van der Waals surface area contributed by atoms with Gasteiger partial charge in [0.25, 0.3) is 0 Å². The fraction of sp³-hybridized carbons (Fsp3) is 0.700. The van der Waals surface area contributed by atoms with Crippen LogP contribution in [0.5, 0.6) is 0 Å². The normalized spacial score (nSPS) is 12.0. The molecule has 0 spiro atoms. The first-order valence-electron chi connectivity index (χ1n) is 4.59. The topological polar surface area (TPSA) is 49.3 Å². The number of aliphatic carboxylic acids is 1. The predicted octanol–water partition coefficient (Wildman–Crippen LogP) is 1.24. The first kappa shape index (κ1) is 12.0. The third-order valence-corrected chi connectivity index (χ3v) is 1.86. The maximum atomic E-state index is 10.2. The number of terminal acetylenes is 1. The maximum Gasteiger partial charge on any atom is 0.303 e. The number of carbonyl (C=O) groups is 1. The molecule has 74 valence electrons. The SMILES string of the molecule is C#CCC(CC)NCCCC(=O)O. The minimum Gasteiger partial charge on any atom is -0.481 e. The summed E-state index contributed by atoms with van der Waals surface area (Å²) >= 11 is 0. The highest BCUT2D eigenvalue weighted by atomic mass is 16.4. The highest BCUT2D eigenvalue weighted by Crippen LogP contribution is 1.96. The molecule has 1 atom stereocenters. The van der Waals surface area contributed by atoms with E-state index in [-0.39, 0.29) is 6.42 Å². The molecule has 0 amide bonds. The molecule has 0 radical (unpaired) electrons. The van der Waals surface area contributed by atoms with Crippen LogP contribution in [0.3, 0.4) is 0 Å². The maximum absolute atomic E-state index is 10.2. The summed E-state index contributed by atoms with van der Waals surface area (Å²) in [5.74, 6) is 1.85. The predicted molar refractivity (Wildman–Crippen MR) is 52.4 cm³/mol. The van der Waals surface area contributed by atoms with Crippen molar-refractivity contribution < 1.29 is 9.90 Å². The monoisotopic (exact) mass is 183 g/mol. The summed E-state index contributed by atoms with van der Waals surface area (Å²) in [6.07, 6.45) is 7.75. The molecule has 13 heavy (non-hydrogen) atoms. The van der Waals surface area contributed by atoms with Crippen LogP contribution in [0.2, 0.25) is 0 Å². The number of hydrogen-bond acceptors (Lipinski definition) is 2. The first-order chi connectivity index (χ1) is 6.20. The van der Waals surface area contributed by atoms with Gasteiger partial charge in [-0.1, -0.05) is 6.92 Å².